The first kappa shape index (κ1) is 13.0. The Morgan fingerprint density at radius 1 is 1.35 bits per heavy atom. The van der Waals surface area contributed by atoms with Gasteiger partial charge in [-0.25, -0.2) is 9.97 Å². The quantitative estimate of drug-likeness (QED) is 0.927. The third-order valence-corrected chi connectivity index (χ3v) is 3.39. The van der Waals surface area contributed by atoms with Crippen LogP contribution in [0.25, 0.3) is 11.5 Å². The van der Waals surface area contributed by atoms with E-state index in [1.807, 2.05) is 19.1 Å². The van der Waals surface area contributed by atoms with Gasteiger partial charge in [0.1, 0.15) is 11.5 Å². The number of ether oxygens (including phenoxy) is 1. The Balaban J connectivity index is 2.13. The van der Waals surface area contributed by atoms with E-state index in [4.69, 9.17) is 9.72 Å². The highest BCUT2D eigenvalue weighted by atomic mass is 16.5. The molecule has 0 saturated carbocycles. The monoisotopic (exact) mass is 270 g/mol. The van der Waals surface area contributed by atoms with Crippen molar-refractivity contribution in [2.24, 2.45) is 0 Å². The largest absolute Gasteiger partial charge is 0.376 e. The Bertz CT molecular complexity index is 627. The van der Waals surface area contributed by atoms with Crippen molar-refractivity contribution in [3.63, 3.8) is 0 Å². The number of fused-ring (bicyclic) bond motifs is 1. The van der Waals surface area contributed by atoms with E-state index in [0.717, 1.165) is 47.9 Å². The molecule has 0 spiro atoms. The van der Waals surface area contributed by atoms with Gasteiger partial charge in [0.25, 0.3) is 0 Å². The van der Waals surface area contributed by atoms with E-state index in [-0.39, 0.29) is 0 Å². The van der Waals surface area contributed by atoms with E-state index in [2.05, 4.69) is 22.2 Å². The molecular weight excluding hydrogens is 252 g/mol. The zero-order chi connectivity index (χ0) is 13.9. The molecule has 3 rings (SSSR count). The van der Waals surface area contributed by atoms with Crippen LogP contribution in [0.3, 0.4) is 0 Å². The highest BCUT2D eigenvalue weighted by Gasteiger charge is 2.19. The van der Waals surface area contributed by atoms with Crippen LogP contribution in [-0.4, -0.2) is 28.1 Å². The van der Waals surface area contributed by atoms with Crippen molar-refractivity contribution in [3.05, 3.63) is 35.2 Å². The maximum atomic E-state index is 5.52. The van der Waals surface area contributed by atoms with Gasteiger partial charge in [-0.05, 0) is 25.5 Å². The van der Waals surface area contributed by atoms with Crippen molar-refractivity contribution in [2.75, 3.05) is 18.5 Å². The number of pyridine rings is 1. The molecule has 0 bridgehead atoms. The van der Waals surface area contributed by atoms with Gasteiger partial charge < -0.3 is 10.1 Å². The molecule has 0 aliphatic carbocycles. The number of anilines is 1. The summed E-state index contributed by atoms with van der Waals surface area (Å²) >= 11 is 0. The number of aromatic nitrogens is 3. The molecule has 0 amide bonds. The summed E-state index contributed by atoms with van der Waals surface area (Å²) in [7, 11) is 0. The van der Waals surface area contributed by atoms with Gasteiger partial charge in [0, 0.05) is 24.7 Å². The number of rotatable bonds is 3. The average molecular weight is 270 g/mol. The van der Waals surface area contributed by atoms with E-state index in [9.17, 15) is 0 Å². The minimum Gasteiger partial charge on any atom is -0.376 e. The molecule has 0 aromatic carbocycles. The van der Waals surface area contributed by atoms with Gasteiger partial charge in [-0.3, -0.25) is 4.98 Å². The fourth-order valence-corrected chi connectivity index (χ4v) is 2.37. The van der Waals surface area contributed by atoms with Crippen LogP contribution < -0.4 is 5.32 Å². The average Bonchev–Trinajstić information content (AvgIpc) is 2.48. The van der Waals surface area contributed by atoms with E-state index >= 15 is 0 Å². The molecule has 2 aromatic rings. The molecule has 1 N–H and O–H groups in total. The summed E-state index contributed by atoms with van der Waals surface area (Å²) in [5, 5.41) is 3.31. The molecule has 0 fully saturated rings. The van der Waals surface area contributed by atoms with Gasteiger partial charge in [0.05, 0.1) is 18.9 Å². The number of nitrogens with zero attached hydrogens (tertiary/aromatic N) is 3. The summed E-state index contributed by atoms with van der Waals surface area (Å²) in [4.78, 5) is 13.8. The van der Waals surface area contributed by atoms with E-state index in [0.29, 0.717) is 12.4 Å². The summed E-state index contributed by atoms with van der Waals surface area (Å²) in [6.07, 6.45) is 2.61. The van der Waals surface area contributed by atoms with Crippen LogP contribution in [0.5, 0.6) is 0 Å². The Labute approximate surface area is 118 Å². The SMILES string of the molecule is CCNc1nc(-c2ncccc2C)nc2c1COCC2. The molecular formula is C15H18N4O. The standard InChI is InChI=1S/C15H18N4O/c1-3-16-14-11-9-20-8-6-12(11)18-15(19-14)13-10(2)5-4-7-17-13/h4-5,7H,3,6,8-9H2,1-2H3,(H,16,18,19). The van der Waals surface area contributed by atoms with Gasteiger partial charge in [-0.1, -0.05) is 6.07 Å². The van der Waals surface area contributed by atoms with Crippen molar-refractivity contribution in [1.82, 2.24) is 15.0 Å². The van der Waals surface area contributed by atoms with Gasteiger partial charge in [0.15, 0.2) is 5.82 Å². The number of hydrogen-bond donors (Lipinski definition) is 1. The number of nitrogens with one attached hydrogen (secondary N) is 1. The zero-order valence-electron chi connectivity index (χ0n) is 11.8. The Morgan fingerprint density at radius 3 is 3.05 bits per heavy atom. The minimum absolute atomic E-state index is 0.582. The number of aryl methyl sites for hydroxylation is 1. The van der Waals surface area contributed by atoms with Gasteiger partial charge in [-0.2, -0.15) is 0 Å². The van der Waals surface area contributed by atoms with Crippen LogP contribution in [0.15, 0.2) is 18.3 Å². The van der Waals surface area contributed by atoms with Gasteiger partial charge >= 0.3 is 0 Å². The normalized spacial score (nSPS) is 13.9. The van der Waals surface area contributed by atoms with Crippen LogP contribution in [0.4, 0.5) is 5.82 Å². The molecule has 0 atom stereocenters. The number of hydrogen-bond acceptors (Lipinski definition) is 5. The van der Waals surface area contributed by atoms with E-state index in [1.165, 1.54) is 0 Å². The van der Waals surface area contributed by atoms with Crippen LogP contribution in [-0.2, 0) is 17.8 Å². The van der Waals surface area contributed by atoms with Crippen molar-refractivity contribution in [3.8, 4) is 11.5 Å². The maximum absolute atomic E-state index is 5.52. The molecule has 1 aliphatic heterocycles. The Morgan fingerprint density at radius 2 is 2.25 bits per heavy atom. The molecule has 0 unspecified atom stereocenters. The first-order valence-electron chi connectivity index (χ1n) is 6.93. The second-order valence-electron chi connectivity index (χ2n) is 4.82. The van der Waals surface area contributed by atoms with Crippen LogP contribution in [0.1, 0.15) is 23.7 Å². The lowest BCUT2D eigenvalue weighted by molar-refractivity contribution is 0.109. The molecule has 5 heteroatoms. The third-order valence-electron chi connectivity index (χ3n) is 3.39. The smallest absolute Gasteiger partial charge is 0.180 e. The molecule has 0 radical (unpaired) electrons. The maximum Gasteiger partial charge on any atom is 0.180 e. The van der Waals surface area contributed by atoms with Crippen molar-refractivity contribution >= 4 is 5.82 Å². The fourth-order valence-electron chi connectivity index (χ4n) is 2.37. The minimum atomic E-state index is 0.582. The second-order valence-corrected chi connectivity index (χ2v) is 4.82. The van der Waals surface area contributed by atoms with Crippen LogP contribution >= 0.6 is 0 Å². The summed E-state index contributed by atoms with van der Waals surface area (Å²) in [6.45, 7) is 6.21. The zero-order valence-corrected chi connectivity index (χ0v) is 11.8. The lowest BCUT2D eigenvalue weighted by Crippen LogP contribution is -2.17. The van der Waals surface area contributed by atoms with E-state index < -0.39 is 0 Å². The fraction of sp³-hybridized carbons (Fsp3) is 0.400. The Hall–Kier alpha value is -2.01. The predicted octanol–water partition coefficient (Wildman–Crippen LogP) is 2.35. The molecule has 3 heterocycles. The highest BCUT2D eigenvalue weighted by Crippen LogP contribution is 2.26. The predicted molar refractivity (Wildman–Crippen MR) is 77.5 cm³/mol. The molecule has 5 nitrogen and oxygen atoms in total. The topological polar surface area (TPSA) is 59.9 Å². The van der Waals surface area contributed by atoms with Crippen molar-refractivity contribution in [1.29, 1.82) is 0 Å². The molecule has 104 valence electrons. The summed E-state index contributed by atoms with van der Waals surface area (Å²) in [5.41, 5.74) is 4.08. The lowest BCUT2D eigenvalue weighted by Gasteiger charge is -2.20. The molecule has 0 saturated heterocycles. The van der Waals surface area contributed by atoms with Crippen LogP contribution in [0, 0.1) is 6.92 Å². The Kier molecular flexibility index (Phi) is 3.60. The summed E-state index contributed by atoms with van der Waals surface area (Å²) in [5.74, 6) is 1.57. The molecule has 2 aromatic heterocycles. The first-order valence-corrected chi connectivity index (χ1v) is 6.93. The third kappa shape index (κ3) is 2.36. The van der Waals surface area contributed by atoms with Gasteiger partial charge in [-0.15, -0.1) is 0 Å². The molecule has 1 aliphatic rings. The van der Waals surface area contributed by atoms with Crippen molar-refractivity contribution in [2.45, 2.75) is 26.9 Å². The first-order chi connectivity index (χ1) is 9.79. The van der Waals surface area contributed by atoms with Crippen molar-refractivity contribution < 1.29 is 4.74 Å². The van der Waals surface area contributed by atoms with Gasteiger partial charge in [0.2, 0.25) is 0 Å². The second kappa shape index (κ2) is 5.54. The lowest BCUT2D eigenvalue weighted by atomic mass is 10.1. The van der Waals surface area contributed by atoms with E-state index in [1.54, 1.807) is 6.20 Å². The highest BCUT2D eigenvalue weighted by molar-refractivity contribution is 5.59. The van der Waals surface area contributed by atoms with Crippen LogP contribution in [0.2, 0.25) is 0 Å². The summed E-state index contributed by atoms with van der Waals surface area (Å²) in [6, 6.07) is 3.96. The summed E-state index contributed by atoms with van der Waals surface area (Å²) < 4.78 is 5.52. The molecule has 20 heavy (non-hydrogen) atoms.